The first kappa shape index (κ1) is 14.6. The van der Waals surface area contributed by atoms with Crippen LogP contribution >= 0.6 is 0 Å². The monoisotopic (exact) mass is 268 g/mol. The van der Waals surface area contributed by atoms with Gasteiger partial charge in [-0.1, -0.05) is 13.3 Å². The number of carbonyl (C=O) groups excluding carboxylic acids is 1. The number of likely N-dealkylation sites (tertiary alicyclic amines) is 1. The highest BCUT2D eigenvalue weighted by Crippen LogP contribution is 2.44. The summed E-state index contributed by atoms with van der Waals surface area (Å²) in [6.45, 7) is 11.9. The second-order valence-electron chi connectivity index (χ2n) is 7.07. The molecule has 0 aromatic carbocycles. The van der Waals surface area contributed by atoms with E-state index in [1.165, 1.54) is 12.8 Å². The number of hydrogen-bond donors (Lipinski definition) is 1. The minimum atomic E-state index is -0.398. The van der Waals surface area contributed by atoms with Crippen LogP contribution in [0.5, 0.6) is 0 Å². The van der Waals surface area contributed by atoms with Crippen LogP contribution in [0.4, 0.5) is 4.79 Å². The molecule has 2 fully saturated rings. The quantitative estimate of drug-likeness (QED) is 0.795. The van der Waals surface area contributed by atoms with Crippen molar-refractivity contribution in [3.63, 3.8) is 0 Å². The van der Waals surface area contributed by atoms with Crippen LogP contribution in [-0.4, -0.2) is 42.8 Å². The average Bonchev–Trinajstić information content (AvgIpc) is 2.73. The lowest BCUT2D eigenvalue weighted by Gasteiger charge is -2.41. The van der Waals surface area contributed by atoms with E-state index < -0.39 is 5.60 Å². The van der Waals surface area contributed by atoms with Crippen molar-refractivity contribution in [2.75, 3.05) is 26.2 Å². The van der Waals surface area contributed by atoms with Gasteiger partial charge in [0.1, 0.15) is 5.60 Å². The molecule has 2 aliphatic heterocycles. The van der Waals surface area contributed by atoms with Crippen molar-refractivity contribution < 1.29 is 9.53 Å². The third kappa shape index (κ3) is 3.22. The molecule has 4 heteroatoms. The maximum absolute atomic E-state index is 12.2. The number of piperidine rings is 1. The van der Waals surface area contributed by atoms with Crippen LogP contribution in [0.2, 0.25) is 0 Å². The zero-order valence-electron chi connectivity index (χ0n) is 12.8. The number of amides is 1. The van der Waals surface area contributed by atoms with Gasteiger partial charge in [-0.25, -0.2) is 4.79 Å². The van der Waals surface area contributed by atoms with Crippen LogP contribution < -0.4 is 5.32 Å². The molecule has 2 heterocycles. The van der Waals surface area contributed by atoms with E-state index in [4.69, 9.17) is 4.74 Å². The van der Waals surface area contributed by atoms with Gasteiger partial charge in [-0.3, -0.25) is 0 Å². The Hall–Kier alpha value is -0.770. The number of carbonyl (C=O) groups is 1. The molecule has 2 aliphatic rings. The Kier molecular flexibility index (Phi) is 4.09. The van der Waals surface area contributed by atoms with Gasteiger partial charge in [-0.05, 0) is 58.0 Å². The summed E-state index contributed by atoms with van der Waals surface area (Å²) in [5, 5.41) is 3.48. The van der Waals surface area contributed by atoms with Crippen LogP contribution in [0, 0.1) is 11.3 Å². The molecular weight excluding hydrogens is 240 g/mol. The molecule has 110 valence electrons. The molecule has 1 spiro atoms. The van der Waals surface area contributed by atoms with E-state index in [0.29, 0.717) is 11.3 Å². The van der Waals surface area contributed by atoms with Gasteiger partial charge in [-0.15, -0.1) is 0 Å². The van der Waals surface area contributed by atoms with Gasteiger partial charge < -0.3 is 15.0 Å². The molecule has 2 unspecified atom stereocenters. The van der Waals surface area contributed by atoms with Crippen molar-refractivity contribution in [1.82, 2.24) is 10.2 Å². The number of rotatable bonds is 1. The third-order valence-electron chi connectivity index (χ3n) is 4.59. The highest BCUT2D eigenvalue weighted by atomic mass is 16.6. The fourth-order valence-corrected chi connectivity index (χ4v) is 3.53. The maximum Gasteiger partial charge on any atom is 0.410 e. The number of ether oxygens (including phenoxy) is 1. The van der Waals surface area contributed by atoms with E-state index in [1.807, 2.05) is 25.7 Å². The largest absolute Gasteiger partial charge is 0.444 e. The summed E-state index contributed by atoms with van der Waals surface area (Å²) >= 11 is 0. The third-order valence-corrected chi connectivity index (χ3v) is 4.59. The summed E-state index contributed by atoms with van der Waals surface area (Å²) in [5.41, 5.74) is -0.0674. The van der Waals surface area contributed by atoms with Gasteiger partial charge in [0.15, 0.2) is 0 Å². The summed E-state index contributed by atoms with van der Waals surface area (Å²) in [6.07, 6.45) is 3.37. The number of hydrogen-bond acceptors (Lipinski definition) is 3. The molecule has 0 saturated carbocycles. The summed E-state index contributed by atoms with van der Waals surface area (Å²) in [6, 6.07) is 0. The van der Waals surface area contributed by atoms with Gasteiger partial charge >= 0.3 is 6.09 Å². The Morgan fingerprint density at radius 1 is 1.42 bits per heavy atom. The molecule has 2 rings (SSSR count). The number of nitrogens with zero attached hydrogens (tertiary/aromatic N) is 1. The van der Waals surface area contributed by atoms with E-state index in [0.717, 1.165) is 32.6 Å². The van der Waals surface area contributed by atoms with Crippen molar-refractivity contribution in [2.45, 2.75) is 52.6 Å². The maximum atomic E-state index is 12.2. The Balaban J connectivity index is 2.00. The normalized spacial score (nSPS) is 31.8. The lowest BCUT2D eigenvalue weighted by Crippen LogP contribution is -2.47. The van der Waals surface area contributed by atoms with Gasteiger partial charge in [0.05, 0.1) is 0 Å². The fraction of sp³-hybridized carbons (Fsp3) is 0.933. The molecule has 0 aromatic heterocycles. The fourth-order valence-electron chi connectivity index (χ4n) is 3.53. The molecule has 0 bridgehead atoms. The van der Waals surface area contributed by atoms with Gasteiger partial charge in [0.25, 0.3) is 0 Å². The molecular formula is C15H28N2O2. The number of nitrogens with one attached hydrogen (secondary N) is 1. The van der Waals surface area contributed by atoms with Crippen molar-refractivity contribution in [3.05, 3.63) is 0 Å². The second kappa shape index (κ2) is 5.31. The van der Waals surface area contributed by atoms with Crippen molar-refractivity contribution >= 4 is 6.09 Å². The highest BCUT2D eigenvalue weighted by Gasteiger charge is 2.46. The standard InChI is InChI=1S/C15H28N2O2/c1-5-12-10-16-8-6-15(12)7-9-17(11-15)13(18)19-14(2,3)4/h12,16H,5-11H2,1-4H3. The topological polar surface area (TPSA) is 41.6 Å². The minimum absolute atomic E-state index is 0.141. The zero-order valence-corrected chi connectivity index (χ0v) is 12.8. The van der Waals surface area contributed by atoms with Crippen molar-refractivity contribution in [3.8, 4) is 0 Å². The average molecular weight is 268 g/mol. The van der Waals surface area contributed by atoms with E-state index in [-0.39, 0.29) is 6.09 Å². The Labute approximate surface area is 116 Å². The van der Waals surface area contributed by atoms with E-state index in [9.17, 15) is 4.79 Å². The predicted octanol–water partition coefficient (Wildman–Crippen LogP) is 2.63. The molecule has 0 aliphatic carbocycles. The lowest BCUT2D eigenvalue weighted by molar-refractivity contribution is 0.0235. The minimum Gasteiger partial charge on any atom is -0.444 e. The van der Waals surface area contributed by atoms with Crippen molar-refractivity contribution in [2.24, 2.45) is 11.3 Å². The smallest absolute Gasteiger partial charge is 0.410 e. The van der Waals surface area contributed by atoms with E-state index in [2.05, 4.69) is 12.2 Å². The van der Waals surface area contributed by atoms with Crippen LogP contribution in [0.25, 0.3) is 0 Å². The predicted molar refractivity (Wildman–Crippen MR) is 76.1 cm³/mol. The van der Waals surface area contributed by atoms with E-state index >= 15 is 0 Å². The molecule has 4 nitrogen and oxygen atoms in total. The van der Waals surface area contributed by atoms with E-state index in [1.54, 1.807) is 0 Å². The van der Waals surface area contributed by atoms with Gasteiger partial charge in [0, 0.05) is 13.1 Å². The van der Waals surface area contributed by atoms with Gasteiger partial charge in [-0.2, -0.15) is 0 Å². The molecule has 2 saturated heterocycles. The molecule has 2 atom stereocenters. The summed E-state index contributed by atoms with van der Waals surface area (Å²) in [5.74, 6) is 0.689. The lowest BCUT2D eigenvalue weighted by atomic mass is 9.69. The molecule has 0 aromatic rings. The summed E-state index contributed by atoms with van der Waals surface area (Å²) < 4.78 is 5.50. The SMILES string of the molecule is CCC1CNCCC12CCN(C(=O)OC(C)(C)C)C2. The highest BCUT2D eigenvalue weighted by molar-refractivity contribution is 5.68. The first-order chi connectivity index (χ1) is 8.86. The van der Waals surface area contributed by atoms with Crippen molar-refractivity contribution in [1.29, 1.82) is 0 Å². The summed E-state index contributed by atoms with van der Waals surface area (Å²) in [4.78, 5) is 14.1. The Morgan fingerprint density at radius 3 is 2.79 bits per heavy atom. The van der Waals surface area contributed by atoms with Crippen LogP contribution in [-0.2, 0) is 4.74 Å². The molecule has 19 heavy (non-hydrogen) atoms. The van der Waals surface area contributed by atoms with Crippen LogP contribution in [0.1, 0.15) is 47.0 Å². The Morgan fingerprint density at radius 2 is 2.16 bits per heavy atom. The summed E-state index contributed by atoms with van der Waals surface area (Å²) in [7, 11) is 0. The van der Waals surface area contributed by atoms with Crippen LogP contribution in [0.15, 0.2) is 0 Å². The second-order valence-corrected chi connectivity index (χ2v) is 7.07. The first-order valence-corrected chi connectivity index (χ1v) is 7.55. The molecule has 0 radical (unpaired) electrons. The Bertz CT molecular complexity index is 338. The molecule has 1 amide bonds. The first-order valence-electron chi connectivity index (χ1n) is 7.55. The molecule has 1 N–H and O–H groups in total. The zero-order chi connectivity index (χ0) is 14.1. The van der Waals surface area contributed by atoms with Gasteiger partial charge in [0.2, 0.25) is 0 Å². The van der Waals surface area contributed by atoms with Crippen LogP contribution in [0.3, 0.4) is 0 Å².